The Kier molecular flexibility index (Phi) is 2.79. The molecule has 0 radical (unpaired) electrons. The van der Waals surface area contributed by atoms with Crippen LogP contribution in [0.4, 0.5) is 4.39 Å². The molecule has 19 heavy (non-hydrogen) atoms. The van der Waals surface area contributed by atoms with E-state index in [1.165, 1.54) is 26.7 Å². The highest BCUT2D eigenvalue weighted by atomic mass is 32.1. The molecule has 3 aromatic heterocycles. The number of halogens is 1. The minimum absolute atomic E-state index is 0.174. The second kappa shape index (κ2) is 4.47. The first-order valence-electron chi connectivity index (χ1n) is 5.48. The maximum absolute atomic E-state index is 12.2. The molecular formula is C11H9FN4O2S. The Labute approximate surface area is 110 Å². The molecule has 0 fully saturated rings. The Balaban J connectivity index is 2.02. The topological polar surface area (TPSA) is 72.4 Å². The van der Waals surface area contributed by atoms with Crippen LogP contribution in [0.5, 0.6) is 0 Å². The van der Waals surface area contributed by atoms with Crippen molar-refractivity contribution < 1.29 is 14.3 Å². The SMILES string of the molecule is O=C(O)c1cnn2cc(-c3cnn(CCF)c3)sc12. The highest BCUT2D eigenvalue weighted by Gasteiger charge is 2.15. The number of alkyl halides is 1. The summed E-state index contributed by atoms with van der Waals surface area (Å²) in [5.74, 6) is -1.00. The van der Waals surface area contributed by atoms with Crippen LogP contribution in [0.25, 0.3) is 15.3 Å². The van der Waals surface area contributed by atoms with Gasteiger partial charge in [-0.05, 0) is 0 Å². The molecule has 98 valence electrons. The van der Waals surface area contributed by atoms with E-state index < -0.39 is 12.6 Å². The summed E-state index contributed by atoms with van der Waals surface area (Å²) in [6, 6.07) is 0. The lowest BCUT2D eigenvalue weighted by atomic mass is 10.3. The zero-order valence-corrected chi connectivity index (χ0v) is 10.5. The number of hydrogen-bond acceptors (Lipinski definition) is 4. The molecule has 3 aromatic rings. The van der Waals surface area contributed by atoms with Crippen molar-refractivity contribution in [3.8, 4) is 10.4 Å². The molecule has 3 heterocycles. The summed E-state index contributed by atoms with van der Waals surface area (Å²) in [6.45, 7) is -0.263. The van der Waals surface area contributed by atoms with Crippen molar-refractivity contribution in [3.05, 3.63) is 30.4 Å². The van der Waals surface area contributed by atoms with Gasteiger partial charge in [-0.25, -0.2) is 13.7 Å². The first-order valence-corrected chi connectivity index (χ1v) is 6.30. The third-order valence-corrected chi connectivity index (χ3v) is 3.82. The molecule has 0 aliphatic rings. The van der Waals surface area contributed by atoms with Crippen LogP contribution in [-0.4, -0.2) is 37.1 Å². The van der Waals surface area contributed by atoms with Crippen molar-refractivity contribution in [1.29, 1.82) is 0 Å². The summed E-state index contributed by atoms with van der Waals surface area (Å²) in [7, 11) is 0. The van der Waals surface area contributed by atoms with E-state index in [2.05, 4.69) is 10.2 Å². The van der Waals surface area contributed by atoms with Gasteiger partial charge in [0.1, 0.15) is 17.1 Å². The molecule has 0 saturated heterocycles. The van der Waals surface area contributed by atoms with Crippen molar-refractivity contribution in [2.45, 2.75) is 6.54 Å². The summed E-state index contributed by atoms with van der Waals surface area (Å²) < 4.78 is 15.2. The number of rotatable bonds is 4. The smallest absolute Gasteiger partial charge is 0.340 e. The van der Waals surface area contributed by atoms with Gasteiger partial charge < -0.3 is 5.11 Å². The molecule has 0 spiro atoms. The van der Waals surface area contributed by atoms with Crippen molar-refractivity contribution in [3.63, 3.8) is 0 Å². The number of aryl methyl sites for hydroxylation is 1. The molecule has 0 unspecified atom stereocenters. The minimum atomic E-state index is -1.00. The molecule has 0 atom stereocenters. The zero-order valence-electron chi connectivity index (χ0n) is 9.65. The monoisotopic (exact) mass is 280 g/mol. The van der Waals surface area contributed by atoms with Crippen molar-refractivity contribution in [2.75, 3.05) is 6.67 Å². The average Bonchev–Trinajstić information content (AvgIpc) is 3.00. The van der Waals surface area contributed by atoms with E-state index in [-0.39, 0.29) is 12.1 Å². The van der Waals surface area contributed by atoms with Gasteiger partial charge in [0.2, 0.25) is 0 Å². The van der Waals surface area contributed by atoms with E-state index in [0.717, 1.165) is 10.4 Å². The fraction of sp³-hybridized carbons (Fsp3) is 0.182. The number of aromatic nitrogens is 4. The Bertz CT molecular complexity index is 745. The molecule has 0 saturated carbocycles. The number of carboxylic acids is 1. The molecular weight excluding hydrogens is 271 g/mol. The van der Waals surface area contributed by atoms with Crippen LogP contribution >= 0.6 is 11.3 Å². The number of nitrogens with zero attached hydrogens (tertiary/aromatic N) is 4. The van der Waals surface area contributed by atoms with Gasteiger partial charge in [-0.2, -0.15) is 10.2 Å². The largest absolute Gasteiger partial charge is 0.478 e. The first-order chi connectivity index (χ1) is 9.19. The third kappa shape index (κ3) is 1.99. The zero-order chi connectivity index (χ0) is 13.4. The summed E-state index contributed by atoms with van der Waals surface area (Å²) in [5.41, 5.74) is 0.993. The number of carboxylic acid groups (broad SMARTS) is 1. The molecule has 3 rings (SSSR count). The fourth-order valence-corrected chi connectivity index (χ4v) is 2.79. The first kappa shape index (κ1) is 11.8. The molecule has 8 heteroatoms. The summed E-state index contributed by atoms with van der Waals surface area (Å²) >= 11 is 1.32. The van der Waals surface area contributed by atoms with Gasteiger partial charge in [-0.15, -0.1) is 11.3 Å². The van der Waals surface area contributed by atoms with Gasteiger partial charge in [0.15, 0.2) is 0 Å². The Hall–Kier alpha value is -2.22. The van der Waals surface area contributed by atoms with Crippen LogP contribution in [0.3, 0.4) is 0 Å². The van der Waals surface area contributed by atoms with Gasteiger partial charge in [-0.1, -0.05) is 0 Å². The highest BCUT2D eigenvalue weighted by molar-refractivity contribution is 7.21. The number of fused-ring (bicyclic) bond motifs is 1. The minimum Gasteiger partial charge on any atom is -0.478 e. The van der Waals surface area contributed by atoms with E-state index in [1.54, 1.807) is 18.6 Å². The lowest BCUT2D eigenvalue weighted by Crippen LogP contribution is -1.98. The Morgan fingerprint density at radius 2 is 2.21 bits per heavy atom. The second-order valence-electron chi connectivity index (χ2n) is 3.89. The van der Waals surface area contributed by atoms with Gasteiger partial charge in [-0.3, -0.25) is 4.68 Å². The summed E-state index contributed by atoms with van der Waals surface area (Å²) in [6.07, 6.45) is 6.42. The predicted octanol–water partition coefficient (Wildman–Crippen LogP) is 1.93. The van der Waals surface area contributed by atoms with Crippen LogP contribution in [-0.2, 0) is 6.54 Å². The van der Waals surface area contributed by atoms with Crippen LogP contribution in [0.15, 0.2) is 24.8 Å². The van der Waals surface area contributed by atoms with E-state index >= 15 is 0 Å². The number of thiazole rings is 1. The fourth-order valence-electron chi connectivity index (χ4n) is 1.77. The third-order valence-electron chi connectivity index (χ3n) is 2.66. The van der Waals surface area contributed by atoms with Gasteiger partial charge in [0.05, 0.1) is 23.8 Å². The lowest BCUT2D eigenvalue weighted by Gasteiger charge is -1.92. The van der Waals surface area contributed by atoms with Crippen LogP contribution in [0.2, 0.25) is 0 Å². The normalized spacial score (nSPS) is 11.2. The van der Waals surface area contributed by atoms with E-state index in [1.807, 2.05) is 0 Å². The molecule has 0 amide bonds. The standard InChI is InChI=1S/C11H9FN4O2S/c12-1-2-15-5-7(3-13-15)9-6-16-10(19-9)8(4-14-16)11(17)18/h3-6H,1-2H2,(H,17,18). The molecule has 0 bridgehead atoms. The molecule has 0 aliphatic carbocycles. The Morgan fingerprint density at radius 3 is 2.95 bits per heavy atom. The summed E-state index contributed by atoms with van der Waals surface area (Å²) in [5, 5.41) is 17.0. The molecule has 0 aromatic carbocycles. The number of aromatic carboxylic acids is 1. The van der Waals surface area contributed by atoms with Crippen LogP contribution < -0.4 is 0 Å². The van der Waals surface area contributed by atoms with E-state index in [9.17, 15) is 9.18 Å². The maximum atomic E-state index is 12.2. The van der Waals surface area contributed by atoms with Crippen LogP contribution in [0.1, 0.15) is 10.4 Å². The van der Waals surface area contributed by atoms with Gasteiger partial charge in [0, 0.05) is 18.0 Å². The molecule has 0 aliphatic heterocycles. The van der Waals surface area contributed by atoms with Crippen LogP contribution in [0, 0.1) is 0 Å². The second-order valence-corrected chi connectivity index (χ2v) is 4.92. The number of hydrogen-bond donors (Lipinski definition) is 1. The number of carbonyl (C=O) groups is 1. The maximum Gasteiger partial charge on any atom is 0.340 e. The molecule has 1 N–H and O–H groups in total. The van der Waals surface area contributed by atoms with Gasteiger partial charge >= 0.3 is 5.97 Å². The highest BCUT2D eigenvalue weighted by Crippen LogP contribution is 2.30. The average molecular weight is 280 g/mol. The van der Waals surface area contributed by atoms with Crippen molar-refractivity contribution in [2.24, 2.45) is 0 Å². The Morgan fingerprint density at radius 1 is 1.37 bits per heavy atom. The van der Waals surface area contributed by atoms with Crippen molar-refractivity contribution >= 4 is 22.1 Å². The van der Waals surface area contributed by atoms with E-state index in [4.69, 9.17) is 5.11 Å². The lowest BCUT2D eigenvalue weighted by molar-refractivity contribution is 0.0699. The quantitative estimate of drug-likeness (QED) is 0.792. The van der Waals surface area contributed by atoms with Crippen molar-refractivity contribution in [1.82, 2.24) is 19.4 Å². The predicted molar refractivity (Wildman–Crippen MR) is 67.2 cm³/mol. The van der Waals surface area contributed by atoms with Gasteiger partial charge in [0.25, 0.3) is 0 Å². The summed E-state index contributed by atoms with van der Waals surface area (Å²) in [4.78, 5) is 12.4. The molecule has 6 nitrogen and oxygen atoms in total. The van der Waals surface area contributed by atoms with E-state index in [0.29, 0.717) is 4.83 Å².